The Morgan fingerprint density at radius 2 is 1.74 bits per heavy atom. The number of benzene rings is 1. The van der Waals surface area contributed by atoms with Crippen LogP contribution < -0.4 is 10.6 Å². The molecule has 1 aromatic carbocycles. The van der Waals surface area contributed by atoms with E-state index < -0.39 is 0 Å². The van der Waals surface area contributed by atoms with Crippen LogP contribution in [0.25, 0.3) is 0 Å². The number of ether oxygens (including phenoxy) is 1. The Kier molecular flexibility index (Phi) is 6.04. The quantitative estimate of drug-likeness (QED) is 0.387. The molecule has 4 saturated carbocycles. The van der Waals surface area contributed by atoms with E-state index >= 15 is 0 Å². The summed E-state index contributed by atoms with van der Waals surface area (Å²) in [5.74, 6) is 1.74. The van der Waals surface area contributed by atoms with Crippen molar-refractivity contribution in [3.05, 3.63) is 41.6 Å². The summed E-state index contributed by atoms with van der Waals surface area (Å²) in [7, 11) is 0. The van der Waals surface area contributed by atoms with Crippen LogP contribution in [0.3, 0.4) is 0 Å². The summed E-state index contributed by atoms with van der Waals surface area (Å²) in [6, 6.07) is 8.80. The SMILES string of the molecule is CCOC(=O)c1ccc(N/C=C(/C#N)C(=O)NC(C)C23CC4CC(CC(C4)C2)C3)cc1. The van der Waals surface area contributed by atoms with Crippen molar-refractivity contribution >= 4 is 17.6 Å². The molecule has 0 saturated heterocycles. The van der Waals surface area contributed by atoms with Crippen LogP contribution in [0.5, 0.6) is 0 Å². The normalized spacial score (nSPS) is 29.7. The molecule has 2 N–H and O–H groups in total. The Balaban J connectivity index is 1.37. The lowest BCUT2D eigenvalue weighted by molar-refractivity contribution is -0.122. The maximum Gasteiger partial charge on any atom is 0.338 e. The van der Waals surface area contributed by atoms with Crippen molar-refractivity contribution in [1.29, 1.82) is 5.26 Å². The Hall–Kier alpha value is -2.81. The zero-order chi connectivity index (χ0) is 22.0. The van der Waals surface area contributed by atoms with E-state index in [0.29, 0.717) is 17.9 Å². The molecule has 1 atom stereocenters. The number of anilines is 1. The Bertz CT molecular complexity index is 878. The van der Waals surface area contributed by atoms with Crippen molar-refractivity contribution < 1.29 is 14.3 Å². The van der Waals surface area contributed by atoms with Crippen LogP contribution in [0.15, 0.2) is 36.0 Å². The van der Waals surface area contributed by atoms with E-state index in [4.69, 9.17) is 4.74 Å². The zero-order valence-corrected chi connectivity index (χ0v) is 18.3. The van der Waals surface area contributed by atoms with Crippen molar-refractivity contribution in [2.24, 2.45) is 23.2 Å². The number of rotatable bonds is 7. The minimum Gasteiger partial charge on any atom is -0.462 e. The first-order valence-electron chi connectivity index (χ1n) is 11.4. The van der Waals surface area contributed by atoms with Crippen LogP contribution in [0.2, 0.25) is 0 Å². The van der Waals surface area contributed by atoms with Gasteiger partial charge in [-0.3, -0.25) is 4.79 Å². The molecular formula is C25H31N3O3. The summed E-state index contributed by atoms with van der Waals surface area (Å²) in [4.78, 5) is 24.5. The number of hydrogen-bond acceptors (Lipinski definition) is 5. The summed E-state index contributed by atoms with van der Waals surface area (Å²) in [6.07, 6.45) is 9.14. The summed E-state index contributed by atoms with van der Waals surface area (Å²) < 4.78 is 4.97. The van der Waals surface area contributed by atoms with Gasteiger partial charge in [0.15, 0.2) is 0 Å². The van der Waals surface area contributed by atoms with Gasteiger partial charge in [0.25, 0.3) is 5.91 Å². The number of hydrogen-bond donors (Lipinski definition) is 2. The number of esters is 1. The highest BCUT2D eigenvalue weighted by molar-refractivity contribution is 5.97. The van der Waals surface area contributed by atoms with Crippen LogP contribution in [0.1, 0.15) is 62.7 Å². The van der Waals surface area contributed by atoms with Crippen LogP contribution in [0, 0.1) is 34.5 Å². The molecule has 0 heterocycles. The summed E-state index contributed by atoms with van der Waals surface area (Å²) in [6.45, 7) is 4.20. The van der Waals surface area contributed by atoms with Gasteiger partial charge in [0.2, 0.25) is 0 Å². The molecule has 6 heteroatoms. The van der Waals surface area contributed by atoms with Crippen LogP contribution in [-0.2, 0) is 9.53 Å². The number of carbonyl (C=O) groups excluding carboxylic acids is 2. The van der Waals surface area contributed by atoms with E-state index in [1.807, 2.05) is 6.07 Å². The topological polar surface area (TPSA) is 91.2 Å². The molecule has 0 spiro atoms. The van der Waals surface area contributed by atoms with Gasteiger partial charge in [0.1, 0.15) is 11.6 Å². The van der Waals surface area contributed by atoms with Gasteiger partial charge in [-0.2, -0.15) is 5.26 Å². The van der Waals surface area contributed by atoms with Gasteiger partial charge in [-0.05, 0) is 99.8 Å². The molecule has 4 aliphatic rings. The number of nitrogens with one attached hydrogen (secondary N) is 2. The molecule has 5 rings (SSSR count). The second kappa shape index (κ2) is 8.74. The minimum atomic E-state index is -0.375. The van der Waals surface area contributed by atoms with Gasteiger partial charge in [-0.15, -0.1) is 0 Å². The lowest BCUT2D eigenvalue weighted by Gasteiger charge is -2.59. The average molecular weight is 422 g/mol. The molecule has 4 bridgehead atoms. The van der Waals surface area contributed by atoms with Gasteiger partial charge >= 0.3 is 5.97 Å². The van der Waals surface area contributed by atoms with Gasteiger partial charge in [0, 0.05) is 17.9 Å². The van der Waals surface area contributed by atoms with Crippen molar-refractivity contribution in [3.63, 3.8) is 0 Å². The van der Waals surface area contributed by atoms with Crippen molar-refractivity contribution in [1.82, 2.24) is 5.32 Å². The average Bonchev–Trinajstić information content (AvgIpc) is 2.74. The first-order chi connectivity index (χ1) is 14.9. The predicted octanol–water partition coefficient (Wildman–Crippen LogP) is 4.40. The fourth-order valence-electron chi connectivity index (χ4n) is 6.36. The van der Waals surface area contributed by atoms with E-state index in [9.17, 15) is 14.9 Å². The van der Waals surface area contributed by atoms with Crippen molar-refractivity contribution in [2.45, 2.75) is 58.4 Å². The summed E-state index contributed by atoms with van der Waals surface area (Å²) >= 11 is 0. The molecule has 0 aromatic heterocycles. The number of amides is 1. The highest BCUT2D eigenvalue weighted by Gasteiger charge is 2.53. The highest BCUT2D eigenvalue weighted by atomic mass is 16.5. The third kappa shape index (κ3) is 4.46. The highest BCUT2D eigenvalue weighted by Crippen LogP contribution is 2.61. The number of nitrogens with zero attached hydrogens (tertiary/aromatic N) is 1. The van der Waals surface area contributed by atoms with Crippen LogP contribution in [-0.4, -0.2) is 24.5 Å². The monoisotopic (exact) mass is 421 g/mol. The zero-order valence-electron chi connectivity index (χ0n) is 18.3. The molecule has 1 aromatic rings. The molecule has 31 heavy (non-hydrogen) atoms. The minimum absolute atomic E-state index is 0.0473. The second-order valence-electron chi connectivity index (χ2n) is 9.59. The molecule has 1 unspecified atom stereocenters. The molecule has 4 fully saturated rings. The van der Waals surface area contributed by atoms with E-state index in [0.717, 1.165) is 17.8 Å². The summed E-state index contributed by atoms with van der Waals surface area (Å²) in [5.41, 5.74) is 1.38. The van der Waals surface area contributed by atoms with Gasteiger partial charge in [0.05, 0.1) is 12.2 Å². The van der Waals surface area contributed by atoms with E-state index in [2.05, 4.69) is 17.6 Å². The van der Waals surface area contributed by atoms with E-state index in [-0.39, 0.29) is 28.9 Å². The molecule has 164 valence electrons. The fraction of sp³-hybridized carbons (Fsp3) is 0.560. The molecule has 1 amide bonds. The molecule has 0 aliphatic heterocycles. The lowest BCUT2D eigenvalue weighted by atomic mass is 9.48. The molecule has 6 nitrogen and oxygen atoms in total. The first-order valence-corrected chi connectivity index (χ1v) is 11.4. The first kappa shape index (κ1) is 21.4. The lowest BCUT2D eigenvalue weighted by Crippen LogP contribution is -2.56. The smallest absolute Gasteiger partial charge is 0.338 e. The standard InChI is InChI=1S/C25H31N3O3/c1-3-31-24(30)20-4-6-22(7-5-20)27-15-21(14-26)23(29)28-16(2)25-11-17-8-18(12-25)10-19(9-17)13-25/h4-7,15-19,27H,3,8-13H2,1-2H3,(H,28,29)/b21-15-. The van der Waals surface area contributed by atoms with E-state index in [1.165, 1.54) is 44.7 Å². The van der Waals surface area contributed by atoms with Crippen LogP contribution >= 0.6 is 0 Å². The molecule has 0 radical (unpaired) electrons. The maximum absolute atomic E-state index is 12.8. The van der Waals surface area contributed by atoms with Gasteiger partial charge in [-0.25, -0.2) is 4.79 Å². The number of carbonyl (C=O) groups is 2. The number of nitriles is 1. The van der Waals surface area contributed by atoms with E-state index in [1.54, 1.807) is 31.2 Å². The Labute approximate surface area is 184 Å². The Morgan fingerprint density at radius 3 is 2.26 bits per heavy atom. The Morgan fingerprint density at radius 1 is 1.16 bits per heavy atom. The van der Waals surface area contributed by atoms with Gasteiger partial charge < -0.3 is 15.4 Å². The third-order valence-corrected chi connectivity index (χ3v) is 7.50. The molecular weight excluding hydrogens is 390 g/mol. The molecule has 4 aliphatic carbocycles. The largest absolute Gasteiger partial charge is 0.462 e. The van der Waals surface area contributed by atoms with Crippen molar-refractivity contribution in [2.75, 3.05) is 11.9 Å². The predicted molar refractivity (Wildman–Crippen MR) is 118 cm³/mol. The third-order valence-electron chi connectivity index (χ3n) is 7.50. The van der Waals surface area contributed by atoms with Crippen molar-refractivity contribution in [3.8, 4) is 6.07 Å². The van der Waals surface area contributed by atoms with Gasteiger partial charge in [-0.1, -0.05) is 0 Å². The fourth-order valence-corrected chi connectivity index (χ4v) is 6.36. The summed E-state index contributed by atoms with van der Waals surface area (Å²) in [5, 5.41) is 15.6. The maximum atomic E-state index is 12.8. The second-order valence-corrected chi connectivity index (χ2v) is 9.59. The van der Waals surface area contributed by atoms with Crippen LogP contribution in [0.4, 0.5) is 5.69 Å².